The number of aliphatic hydroxyl groups excluding tert-OH is 1. The zero-order valence-electron chi connectivity index (χ0n) is 16.6. The number of nitrogens with zero attached hydrogens (tertiary/aromatic N) is 5. The molecule has 0 saturated carbocycles. The van der Waals surface area contributed by atoms with E-state index in [1.54, 1.807) is 0 Å². The van der Waals surface area contributed by atoms with Gasteiger partial charge in [0.05, 0.1) is 18.0 Å². The van der Waals surface area contributed by atoms with Gasteiger partial charge in [0.15, 0.2) is 11.5 Å². The largest absolute Gasteiger partial charge is 0.390 e. The van der Waals surface area contributed by atoms with Crippen LogP contribution in [0.4, 0.5) is 10.8 Å². The molecule has 0 aliphatic heterocycles. The summed E-state index contributed by atoms with van der Waals surface area (Å²) < 4.78 is 12.4. The summed E-state index contributed by atoms with van der Waals surface area (Å²) in [5.74, 6) is 0.740. The number of rotatable bonds is 8. The number of hydrogen-bond donors (Lipinski definition) is 1. The first-order chi connectivity index (χ1) is 12.8. The van der Waals surface area contributed by atoms with Gasteiger partial charge in [0.25, 0.3) is 0 Å². The smallest absolute Gasteiger partial charge is 0.180 e. The Hall–Kier alpha value is -1.81. The van der Waals surface area contributed by atoms with E-state index in [2.05, 4.69) is 29.0 Å². The Morgan fingerprint density at radius 3 is 2.74 bits per heavy atom. The second kappa shape index (κ2) is 8.05. The van der Waals surface area contributed by atoms with Crippen molar-refractivity contribution in [1.29, 1.82) is 0 Å². The minimum atomic E-state index is -1.16. The molecule has 3 aromatic rings. The Balaban J connectivity index is 1.94. The maximum atomic E-state index is 9.39. The Kier molecular flexibility index (Phi) is 5.94. The fourth-order valence-corrected chi connectivity index (χ4v) is 4.16. The number of aryl methyl sites for hydroxylation is 2. The van der Waals surface area contributed by atoms with E-state index in [0.29, 0.717) is 19.0 Å². The van der Waals surface area contributed by atoms with E-state index < -0.39 is 8.07 Å². The summed E-state index contributed by atoms with van der Waals surface area (Å²) in [6, 6.07) is 2.98. The van der Waals surface area contributed by atoms with Gasteiger partial charge < -0.3 is 9.84 Å². The third-order valence-electron chi connectivity index (χ3n) is 4.23. The minimum Gasteiger partial charge on any atom is -0.390 e. The summed E-state index contributed by atoms with van der Waals surface area (Å²) in [5.41, 5.74) is 3.38. The first-order valence-electron chi connectivity index (χ1n) is 9.01. The van der Waals surface area contributed by atoms with Gasteiger partial charge in [-0.3, -0.25) is 9.30 Å². The molecule has 3 heterocycles. The summed E-state index contributed by atoms with van der Waals surface area (Å²) in [6.07, 6.45) is 3.83. The molecular weight excluding hydrogens is 378 g/mol. The molecule has 0 spiro atoms. The fraction of sp³-hybridized carbons (Fsp3) is 0.500. The van der Waals surface area contributed by atoms with Crippen molar-refractivity contribution in [3.05, 3.63) is 35.5 Å². The van der Waals surface area contributed by atoms with Gasteiger partial charge in [0, 0.05) is 32.8 Å². The second-order valence-corrected chi connectivity index (χ2v) is 14.3. The third-order valence-corrected chi connectivity index (χ3v) is 6.78. The SMILES string of the molecule is Cc1cn2c(C)cnc2c(N(COCC[Si](C)(C)C)c2cc(CO)ns2)n1. The molecule has 0 amide bonds. The predicted molar refractivity (Wildman–Crippen MR) is 112 cm³/mol. The molecule has 0 aliphatic carbocycles. The maximum Gasteiger partial charge on any atom is 0.180 e. The Labute approximate surface area is 164 Å². The van der Waals surface area contributed by atoms with Crippen LogP contribution in [0.5, 0.6) is 0 Å². The first kappa shape index (κ1) is 19.9. The van der Waals surface area contributed by atoms with Crippen molar-refractivity contribution < 1.29 is 9.84 Å². The van der Waals surface area contributed by atoms with Crippen molar-refractivity contribution in [2.24, 2.45) is 0 Å². The van der Waals surface area contributed by atoms with E-state index >= 15 is 0 Å². The van der Waals surface area contributed by atoms with E-state index in [9.17, 15) is 5.11 Å². The quantitative estimate of drug-likeness (QED) is 0.349. The van der Waals surface area contributed by atoms with E-state index in [4.69, 9.17) is 9.72 Å². The van der Waals surface area contributed by atoms with Crippen LogP contribution in [0.25, 0.3) is 5.65 Å². The zero-order chi connectivity index (χ0) is 19.6. The lowest BCUT2D eigenvalue weighted by Gasteiger charge is -2.23. The number of aromatic nitrogens is 4. The fourth-order valence-electron chi connectivity index (χ4n) is 2.65. The molecule has 0 fully saturated rings. The van der Waals surface area contributed by atoms with Crippen LogP contribution in [0.15, 0.2) is 18.5 Å². The van der Waals surface area contributed by atoms with Crippen LogP contribution in [0.3, 0.4) is 0 Å². The normalized spacial score (nSPS) is 12.1. The van der Waals surface area contributed by atoms with Gasteiger partial charge in [-0.05, 0) is 37.5 Å². The molecule has 3 rings (SSSR count). The standard InChI is InChI=1S/C18H27N5O2SSi/c1-13-10-22-14(2)9-19-17(22)18(20-13)23(12-25-6-7-27(3,4)5)16-8-15(11-24)21-26-16/h8-10,24H,6-7,11-12H2,1-5H3. The molecule has 7 nitrogen and oxygen atoms in total. The van der Waals surface area contributed by atoms with Gasteiger partial charge in [0.1, 0.15) is 11.7 Å². The van der Waals surface area contributed by atoms with Gasteiger partial charge in [0.2, 0.25) is 0 Å². The van der Waals surface area contributed by atoms with E-state index in [1.165, 1.54) is 11.5 Å². The van der Waals surface area contributed by atoms with E-state index in [1.807, 2.05) is 41.6 Å². The molecule has 0 unspecified atom stereocenters. The summed E-state index contributed by atoms with van der Waals surface area (Å²) in [7, 11) is -1.16. The molecule has 0 bridgehead atoms. The Morgan fingerprint density at radius 1 is 1.30 bits per heavy atom. The van der Waals surface area contributed by atoms with Gasteiger partial charge in [-0.15, -0.1) is 0 Å². The molecule has 0 aromatic carbocycles. The van der Waals surface area contributed by atoms with Gasteiger partial charge in [-0.1, -0.05) is 19.6 Å². The van der Waals surface area contributed by atoms with Crippen LogP contribution in [0, 0.1) is 13.8 Å². The van der Waals surface area contributed by atoms with Gasteiger partial charge in [-0.2, -0.15) is 4.37 Å². The molecule has 9 heteroatoms. The van der Waals surface area contributed by atoms with Crippen LogP contribution in [0.2, 0.25) is 25.7 Å². The predicted octanol–water partition coefficient (Wildman–Crippen LogP) is 3.75. The molecule has 0 radical (unpaired) electrons. The van der Waals surface area contributed by atoms with Gasteiger partial charge in [-0.25, -0.2) is 9.97 Å². The van der Waals surface area contributed by atoms with Crippen molar-refractivity contribution in [3.63, 3.8) is 0 Å². The van der Waals surface area contributed by atoms with Crippen molar-refractivity contribution in [1.82, 2.24) is 18.7 Å². The Morgan fingerprint density at radius 2 is 2.07 bits per heavy atom. The summed E-state index contributed by atoms with van der Waals surface area (Å²) >= 11 is 1.33. The summed E-state index contributed by atoms with van der Waals surface area (Å²) in [4.78, 5) is 11.3. The highest BCUT2D eigenvalue weighted by molar-refractivity contribution is 7.10. The lowest BCUT2D eigenvalue weighted by Crippen LogP contribution is -2.26. The van der Waals surface area contributed by atoms with Crippen molar-refractivity contribution in [2.45, 2.75) is 46.1 Å². The molecule has 3 aromatic heterocycles. The molecule has 1 N–H and O–H groups in total. The maximum absolute atomic E-state index is 9.39. The van der Waals surface area contributed by atoms with Crippen molar-refractivity contribution in [2.75, 3.05) is 18.2 Å². The number of imidazole rings is 1. The highest BCUT2D eigenvalue weighted by atomic mass is 32.1. The van der Waals surface area contributed by atoms with Crippen LogP contribution in [0.1, 0.15) is 17.1 Å². The van der Waals surface area contributed by atoms with Crippen LogP contribution < -0.4 is 4.90 Å². The number of hydrogen-bond acceptors (Lipinski definition) is 7. The third kappa shape index (κ3) is 4.73. The summed E-state index contributed by atoms with van der Waals surface area (Å²) in [5, 5.41) is 10.3. The zero-order valence-corrected chi connectivity index (χ0v) is 18.4. The molecule has 27 heavy (non-hydrogen) atoms. The monoisotopic (exact) mass is 405 g/mol. The number of ether oxygens (including phenoxy) is 1. The minimum absolute atomic E-state index is 0.0834. The number of fused-ring (bicyclic) bond motifs is 1. The van der Waals surface area contributed by atoms with Crippen LogP contribution in [-0.4, -0.2) is 45.3 Å². The van der Waals surface area contributed by atoms with E-state index in [0.717, 1.165) is 33.9 Å². The lowest BCUT2D eigenvalue weighted by atomic mass is 10.4. The molecule has 0 saturated heterocycles. The number of anilines is 2. The summed E-state index contributed by atoms with van der Waals surface area (Å²) in [6.45, 7) is 12.0. The van der Waals surface area contributed by atoms with E-state index in [-0.39, 0.29) is 6.61 Å². The second-order valence-electron chi connectivity index (χ2n) is 7.89. The highest BCUT2D eigenvalue weighted by Crippen LogP contribution is 2.31. The highest BCUT2D eigenvalue weighted by Gasteiger charge is 2.20. The van der Waals surface area contributed by atoms with Crippen molar-refractivity contribution >= 4 is 36.1 Å². The molecular formula is C18H27N5O2SSi. The molecule has 0 aliphatic rings. The molecule has 0 atom stereocenters. The van der Waals surface area contributed by atoms with Crippen LogP contribution in [-0.2, 0) is 11.3 Å². The number of aliphatic hydroxyl groups is 1. The Bertz CT molecular complexity index is 918. The first-order valence-corrected chi connectivity index (χ1v) is 13.5. The van der Waals surface area contributed by atoms with Crippen molar-refractivity contribution in [3.8, 4) is 0 Å². The average Bonchev–Trinajstić information content (AvgIpc) is 3.21. The average molecular weight is 406 g/mol. The van der Waals surface area contributed by atoms with Crippen LogP contribution >= 0.6 is 11.5 Å². The lowest BCUT2D eigenvalue weighted by molar-refractivity contribution is 0.153. The van der Waals surface area contributed by atoms with Gasteiger partial charge >= 0.3 is 0 Å². The topological polar surface area (TPSA) is 75.8 Å². The molecule has 146 valence electrons.